The molecule has 1 N–H and O–H groups in total. The summed E-state index contributed by atoms with van der Waals surface area (Å²) in [6, 6.07) is 10.2. The van der Waals surface area contributed by atoms with Crippen LogP contribution in [0.2, 0.25) is 0 Å². The van der Waals surface area contributed by atoms with Gasteiger partial charge in [-0.25, -0.2) is 19.1 Å². The van der Waals surface area contributed by atoms with Gasteiger partial charge in [0.25, 0.3) is 0 Å². The first-order chi connectivity index (χ1) is 17.7. The summed E-state index contributed by atoms with van der Waals surface area (Å²) >= 11 is 0. The smallest absolute Gasteiger partial charge is 0.407 e. The van der Waals surface area contributed by atoms with Gasteiger partial charge in [0.15, 0.2) is 11.5 Å². The van der Waals surface area contributed by atoms with Crippen LogP contribution in [0.15, 0.2) is 42.7 Å². The molecule has 1 amide bonds. The van der Waals surface area contributed by atoms with Crippen molar-refractivity contribution in [3.8, 4) is 0 Å². The van der Waals surface area contributed by atoms with Gasteiger partial charge in [-0.05, 0) is 65.5 Å². The number of aromatic nitrogens is 3. The number of amides is 1. The third-order valence-electron chi connectivity index (χ3n) is 6.02. The van der Waals surface area contributed by atoms with Crippen LogP contribution in [-0.2, 0) is 15.9 Å². The molecule has 1 saturated heterocycles. The number of ether oxygens (including phenoxy) is 2. The average Bonchev–Trinajstić information content (AvgIpc) is 3.49. The van der Waals surface area contributed by atoms with Crippen LogP contribution in [0, 0.1) is 0 Å². The van der Waals surface area contributed by atoms with Gasteiger partial charge < -0.3 is 14.8 Å². The molecule has 0 spiro atoms. The van der Waals surface area contributed by atoms with E-state index < -0.39 is 17.7 Å². The molecule has 1 aromatic carbocycles. The van der Waals surface area contributed by atoms with E-state index >= 15 is 0 Å². The van der Waals surface area contributed by atoms with Crippen LogP contribution >= 0.6 is 0 Å². The molecular weight excluding hydrogens is 472 g/mol. The quantitative estimate of drug-likeness (QED) is 0.447. The number of alkyl carbamates (subject to hydrolysis) is 1. The molecule has 198 valence electrons. The zero-order valence-electron chi connectivity index (χ0n) is 22.2. The molecule has 10 nitrogen and oxygen atoms in total. The highest BCUT2D eigenvalue weighted by Gasteiger charge is 2.27. The lowest BCUT2D eigenvalue weighted by Crippen LogP contribution is -2.39. The standard InChI is InChI=1S/C27H36N6O4/c1-6-36-25(34)21-18-28-31-17-14-23(30-24(21)31)33-16-9-15-32(33)22-11-8-7-10-20(22)13-12-19(2)29-26(35)37-27(3,4)5/h7-8,10-11,14,17-19H,6,9,12-13,15-16H2,1-5H3,(H,29,35)/t19-/m1/s1. The van der Waals surface area contributed by atoms with Gasteiger partial charge in [0.05, 0.1) is 18.5 Å². The highest BCUT2D eigenvalue weighted by atomic mass is 16.6. The highest BCUT2D eigenvalue weighted by molar-refractivity contribution is 5.95. The van der Waals surface area contributed by atoms with Gasteiger partial charge in [-0.15, -0.1) is 0 Å². The molecule has 10 heteroatoms. The number of fused-ring (bicyclic) bond motifs is 1. The molecule has 1 aliphatic heterocycles. The van der Waals surface area contributed by atoms with Crippen LogP contribution in [0.5, 0.6) is 0 Å². The number of esters is 1. The molecule has 1 aliphatic rings. The molecule has 37 heavy (non-hydrogen) atoms. The van der Waals surface area contributed by atoms with E-state index in [1.165, 1.54) is 11.8 Å². The van der Waals surface area contributed by atoms with Crippen molar-refractivity contribution in [2.45, 2.75) is 65.5 Å². The Morgan fingerprint density at radius 2 is 1.89 bits per heavy atom. The minimum atomic E-state index is -0.527. The zero-order chi connectivity index (χ0) is 26.6. The van der Waals surface area contributed by atoms with Gasteiger partial charge in [0, 0.05) is 31.4 Å². The first kappa shape index (κ1) is 26.2. The Balaban J connectivity index is 1.51. The van der Waals surface area contributed by atoms with Crippen molar-refractivity contribution in [1.29, 1.82) is 0 Å². The topological polar surface area (TPSA) is 101 Å². The van der Waals surface area contributed by atoms with Gasteiger partial charge in [0.2, 0.25) is 0 Å². The van der Waals surface area contributed by atoms with Gasteiger partial charge in [0.1, 0.15) is 11.2 Å². The summed E-state index contributed by atoms with van der Waals surface area (Å²) in [7, 11) is 0. The van der Waals surface area contributed by atoms with Gasteiger partial charge in [-0.3, -0.25) is 10.0 Å². The fourth-order valence-electron chi connectivity index (χ4n) is 4.38. The van der Waals surface area contributed by atoms with E-state index in [1.54, 1.807) is 11.4 Å². The van der Waals surface area contributed by atoms with Gasteiger partial charge in [-0.1, -0.05) is 18.2 Å². The molecule has 3 heterocycles. The second-order valence-corrected chi connectivity index (χ2v) is 10.1. The van der Waals surface area contributed by atoms with Crippen molar-refractivity contribution < 1.29 is 19.1 Å². The van der Waals surface area contributed by atoms with E-state index in [0.29, 0.717) is 17.8 Å². The first-order valence-electron chi connectivity index (χ1n) is 12.8. The highest BCUT2D eigenvalue weighted by Crippen LogP contribution is 2.30. The second kappa shape index (κ2) is 11.1. The maximum absolute atomic E-state index is 12.4. The van der Waals surface area contributed by atoms with Crippen molar-refractivity contribution in [3.05, 3.63) is 53.9 Å². The minimum Gasteiger partial charge on any atom is -0.462 e. The largest absolute Gasteiger partial charge is 0.462 e. The number of nitrogens with zero attached hydrogens (tertiary/aromatic N) is 5. The number of para-hydroxylation sites is 1. The maximum atomic E-state index is 12.4. The predicted octanol–water partition coefficient (Wildman–Crippen LogP) is 4.38. The molecule has 0 radical (unpaired) electrons. The maximum Gasteiger partial charge on any atom is 0.407 e. The summed E-state index contributed by atoms with van der Waals surface area (Å²) in [4.78, 5) is 29.3. The molecule has 0 unspecified atom stereocenters. The second-order valence-electron chi connectivity index (χ2n) is 10.1. The van der Waals surface area contributed by atoms with Crippen LogP contribution in [0.3, 0.4) is 0 Å². The molecule has 1 atom stereocenters. The van der Waals surface area contributed by atoms with E-state index in [4.69, 9.17) is 14.5 Å². The molecule has 3 aromatic rings. The van der Waals surface area contributed by atoms with Crippen LogP contribution in [0.4, 0.5) is 16.3 Å². The Morgan fingerprint density at radius 1 is 1.14 bits per heavy atom. The van der Waals surface area contributed by atoms with Crippen LogP contribution in [0.25, 0.3) is 5.65 Å². The normalized spacial score (nSPS) is 14.6. The summed E-state index contributed by atoms with van der Waals surface area (Å²) in [6.07, 6.45) is 5.44. The Hall–Kier alpha value is -3.82. The average molecular weight is 509 g/mol. The number of aryl methyl sites for hydroxylation is 1. The fraction of sp³-hybridized carbons (Fsp3) is 0.481. The lowest BCUT2D eigenvalue weighted by molar-refractivity contribution is 0.0502. The summed E-state index contributed by atoms with van der Waals surface area (Å²) in [5, 5.41) is 11.5. The van der Waals surface area contributed by atoms with Gasteiger partial charge >= 0.3 is 12.1 Å². The van der Waals surface area contributed by atoms with E-state index in [-0.39, 0.29) is 6.04 Å². The summed E-state index contributed by atoms with van der Waals surface area (Å²) in [5.74, 6) is 0.311. The summed E-state index contributed by atoms with van der Waals surface area (Å²) < 4.78 is 12.1. The van der Waals surface area contributed by atoms with E-state index in [1.807, 2.05) is 52.1 Å². The molecular formula is C27H36N6O4. The molecule has 2 aromatic heterocycles. The summed E-state index contributed by atoms with van der Waals surface area (Å²) in [6.45, 7) is 11.3. The van der Waals surface area contributed by atoms with Gasteiger partial charge in [-0.2, -0.15) is 5.10 Å². The lowest BCUT2D eigenvalue weighted by atomic mass is 10.0. The summed E-state index contributed by atoms with van der Waals surface area (Å²) in [5.41, 5.74) is 2.58. The molecule has 0 saturated carbocycles. The molecule has 0 aliphatic carbocycles. The third kappa shape index (κ3) is 6.31. The van der Waals surface area contributed by atoms with E-state index in [9.17, 15) is 9.59 Å². The fourth-order valence-corrected chi connectivity index (χ4v) is 4.38. The van der Waals surface area contributed by atoms with E-state index in [2.05, 4.69) is 32.6 Å². The van der Waals surface area contributed by atoms with Crippen molar-refractivity contribution >= 4 is 29.2 Å². The molecule has 0 bridgehead atoms. The van der Waals surface area contributed by atoms with Crippen LogP contribution in [-0.4, -0.2) is 58.0 Å². The number of nitrogens with one attached hydrogen (secondary N) is 1. The van der Waals surface area contributed by atoms with Crippen molar-refractivity contribution in [3.63, 3.8) is 0 Å². The first-order valence-corrected chi connectivity index (χ1v) is 12.8. The molecule has 4 rings (SSSR count). The number of carbonyl (C=O) groups is 2. The Bertz CT molecular complexity index is 1250. The monoisotopic (exact) mass is 508 g/mol. The third-order valence-corrected chi connectivity index (χ3v) is 6.02. The van der Waals surface area contributed by atoms with E-state index in [0.717, 1.165) is 43.9 Å². The predicted molar refractivity (Wildman–Crippen MR) is 142 cm³/mol. The minimum absolute atomic E-state index is 0.0372. The lowest BCUT2D eigenvalue weighted by Gasteiger charge is -2.32. The van der Waals surface area contributed by atoms with Crippen LogP contribution in [0.1, 0.15) is 63.4 Å². The molecule has 1 fully saturated rings. The number of anilines is 2. The zero-order valence-corrected chi connectivity index (χ0v) is 22.2. The Labute approximate surface area is 217 Å². The van der Waals surface area contributed by atoms with Crippen LogP contribution < -0.4 is 15.3 Å². The van der Waals surface area contributed by atoms with Crippen molar-refractivity contribution in [2.24, 2.45) is 0 Å². The van der Waals surface area contributed by atoms with Crippen molar-refractivity contribution in [2.75, 3.05) is 29.7 Å². The SMILES string of the molecule is CCOC(=O)c1cnn2ccc(N3CCCN3c3ccccc3CC[C@@H](C)NC(=O)OC(C)(C)C)nc12. The number of benzene rings is 1. The number of hydrogen-bond donors (Lipinski definition) is 1. The number of hydrogen-bond acceptors (Lipinski definition) is 8. The van der Waals surface area contributed by atoms with Crippen molar-refractivity contribution in [1.82, 2.24) is 19.9 Å². The number of hydrazine groups is 1. The number of carbonyl (C=O) groups excluding carboxylic acids is 2. The Kier molecular flexibility index (Phi) is 7.85. The number of rotatable bonds is 8. The Morgan fingerprint density at radius 3 is 2.65 bits per heavy atom.